The van der Waals surface area contributed by atoms with Crippen molar-refractivity contribution in [3.63, 3.8) is 0 Å². The molecule has 2 heterocycles. The third-order valence-electron chi connectivity index (χ3n) is 9.58. The van der Waals surface area contributed by atoms with E-state index in [2.05, 4.69) is 207 Å². The Bertz CT molecular complexity index is 2400. The quantitative estimate of drug-likeness (QED) is 0.171. The predicted octanol–water partition coefficient (Wildman–Crippen LogP) is 12.2. The van der Waals surface area contributed by atoms with Crippen LogP contribution in [0.4, 0.5) is 11.4 Å². The monoisotopic (exact) mass is 660 g/mol. The van der Waals surface area contributed by atoms with Crippen molar-refractivity contribution in [2.75, 3.05) is 11.9 Å². The summed E-state index contributed by atoms with van der Waals surface area (Å²) in [4.78, 5) is 12.9. The topological polar surface area (TPSA) is 34.0 Å². The lowest BCUT2D eigenvalue weighted by Crippen LogP contribution is -2.15. The maximum atomic E-state index is 5.38. The zero-order valence-corrected chi connectivity index (χ0v) is 29.5. The van der Waals surface area contributed by atoms with Gasteiger partial charge in [0.25, 0.3) is 0 Å². The lowest BCUT2D eigenvalue weighted by Gasteiger charge is -2.28. The molecule has 8 aromatic rings. The van der Waals surface area contributed by atoms with Crippen LogP contribution in [0, 0.1) is 0 Å². The van der Waals surface area contributed by atoms with E-state index < -0.39 is 0 Å². The molecule has 0 atom stereocenters. The Hall–Kier alpha value is -6.26. The molecule has 51 heavy (non-hydrogen) atoms. The molecule has 0 aliphatic rings. The Morgan fingerprint density at radius 1 is 0.490 bits per heavy atom. The lowest BCUT2D eigenvalue weighted by molar-refractivity contribution is 0.590. The minimum absolute atomic E-state index is 0.0520. The molecule has 0 fully saturated rings. The summed E-state index contributed by atoms with van der Waals surface area (Å²) in [5, 5.41) is 0. The maximum absolute atomic E-state index is 5.38. The standard InChI is InChI=1S/C47H40N4/c1-47(2,3)36-28-29-44(39(32-36)42-31-35(33-18-8-5-9-19-33)30-41(48-42)34-20-10-6-11-21-34)50(4)43-26-16-14-24-38(43)46-49-40-25-15-17-27-45(40)51(46)37-22-12-7-13-23-37/h5-32H,1-4H3. The Morgan fingerprint density at radius 3 is 1.80 bits per heavy atom. The molecule has 0 saturated carbocycles. The fraction of sp³-hybridized carbons (Fsp3) is 0.106. The third kappa shape index (κ3) is 6.21. The molecule has 0 unspecified atom stereocenters. The number of imidazole rings is 1. The highest BCUT2D eigenvalue weighted by molar-refractivity contribution is 5.91. The first-order valence-corrected chi connectivity index (χ1v) is 17.5. The molecule has 6 aromatic carbocycles. The number of nitrogens with zero attached hydrogens (tertiary/aromatic N) is 4. The van der Waals surface area contributed by atoms with Crippen LogP contribution in [-0.2, 0) is 5.41 Å². The van der Waals surface area contributed by atoms with Crippen molar-refractivity contribution in [2.45, 2.75) is 26.2 Å². The number of fused-ring (bicyclic) bond motifs is 1. The Morgan fingerprint density at radius 2 is 1.08 bits per heavy atom. The summed E-state index contributed by atoms with van der Waals surface area (Å²) in [6.45, 7) is 6.80. The van der Waals surface area contributed by atoms with E-state index in [1.807, 2.05) is 0 Å². The van der Waals surface area contributed by atoms with Gasteiger partial charge in [0.15, 0.2) is 0 Å². The molecular weight excluding hydrogens is 621 g/mol. The first-order chi connectivity index (χ1) is 24.8. The Kier molecular flexibility index (Phi) is 8.29. The van der Waals surface area contributed by atoms with Gasteiger partial charge in [0.05, 0.1) is 33.8 Å². The highest BCUT2D eigenvalue weighted by atomic mass is 15.1. The zero-order chi connectivity index (χ0) is 35.0. The van der Waals surface area contributed by atoms with Crippen molar-refractivity contribution in [1.82, 2.24) is 14.5 Å². The lowest BCUT2D eigenvalue weighted by atomic mass is 9.85. The smallest absolute Gasteiger partial charge is 0.147 e. The second kappa shape index (κ2) is 13.2. The molecule has 0 spiro atoms. The fourth-order valence-corrected chi connectivity index (χ4v) is 6.85. The normalized spacial score (nSPS) is 11.5. The molecular formula is C47H40N4. The van der Waals surface area contributed by atoms with Gasteiger partial charge in [0.1, 0.15) is 5.82 Å². The summed E-state index contributed by atoms with van der Waals surface area (Å²) in [6.07, 6.45) is 0. The second-order valence-electron chi connectivity index (χ2n) is 14.0. The van der Waals surface area contributed by atoms with E-state index >= 15 is 0 Å². The zero-order valence-electron chi connectivity index (χ0n) is 29.5. The van der Waals surface area contributed by atoms with Crippen molar-refractivity contribution in [2.24, 2.45) is 0 Å². The molecule has 0 aliphatic carbocycles. The molecule has 0 aliphatic heterocycles. The molecule has 4 heteroatoms. The van der Waals surface area contributed by atoms with Crippen LogP contribution in [0.15, 0.2) is 170 Å². The molecule has 0 bridgehead atoms. The van der Waals surface area contributed by atoms with Crippen LogP contribution in [0.1, 0.15) is 26.3 Å². The van der Waals surface area contributed by atoms with Gasteiger partial charge in [-0.1, -0.05) is 130 Å². The van der Waals surface area contributed by atoms with Crippen LogP contribution in [0.2, 0.25) is 0 Å². The van der Waals surface area contributed by atoms with Crippen molar-refractivity contribution in [1.29, 1.82) is 0 Å². The predicted molar refractivity (Wildman–Crippen MR) is 214 cm³/mol. The Labute approximate surface area is 300 Å². The molecule has 4 nitrogen and oxygen atoms in total. The number of anilines is 2. The van der Waals surface area contributed by atoms with Gasteiger partial charge in [-0.05, 0) is 82.8 Å². The highest BCUT2D eigenvalue weighted by Crippen LogP contribution is 2.42. The summed E-state index contributed by atoms with van der Waals surface area (Å²) in [5.74, 6) is 0.897. The van der Waals surface area contributed by atoms with E-state index in [1.54, 1.807) is 0 Å². The molecule has 8 rings (SSSR count). The number of rotatable bonds is 7. The first-order valence-electron chi connectivity index (χ1n) is 17.5. The average Bonchev–Trinajstić information content (AvgIpc) is 3.57. The first kappa shape index (κ1) is 32.0. The van der Waals surface area contributed by atoms with E-state index in [4.69, 9.17) is 9.97 Å². The summed E-state index contributed by atoms with van der Waals surface area (Å²) in [6, 6.07) is 59.8. The molecule has 0 radical (unpaired) electrons. The average molecular weight is 661 g/mol. The van der Waals surface area contributed by atoms with Gasteiger partial charge in [-0.25, -0.2) is 9.97 Å². The van der Waals surface area contributed by atoms with Crippen LogP contribution < -0.4 is 4.90 Å². The van der Waals surface area contributed by atoms with E-state index in [1.165, 1.54) is 5.56 Å². The van der Waals surface area contributed by atoms with Gasteiger partial charge < -0.3 is 4.90 Å². The molecule has 248 valence electrons. The number of pyridine rings is 1. The van der Waals surface area contributed by atoms with Gasteiger partial charge in [0.2, 0.25) is 0 Å². The van der Waals surface area contributed by atoms with Crippen LogP contribution >= 0.6 is 0 Å². The summed E-state index contributed by atoms with van der Waals surface area (Å²) in [5.41, 5.74) is 13.8. The highest BCUT2D eigenvalue weighted by Gasteiger charge is 2.23. The maximum Gasteiger partial charge on any atom is 0.147 e. The minimum atomic E-state index is -0.0520. The van der Waals surface area contributed by atoms with Crippen LogP contribution in [0.25, 0.3) is 61.8 Å². The summed E-state index contributed by atoms with van der Waals surface area (Å²) in [7, 11) is 2.16. The number of hydrogen-bond donors (Lipinski definition) is 0. The number of benzene rings is 6. The van der Waals surface area contributed by atoms with Gasteiger partial charge in [-0.15, -0.1) is 0 Å². The van der Waals surface area contributed by atoms with E-state index in [-0.39, 0.29) is 5.41 Å². The molecule has 0 amide bonds. The minimum Gasteiger partial charge on any atom is -0.343 e. The summed E-state index contributed by atoms with van der Waals surface area (Å²) >= 11 is 0. The van der Waals surface area contributed by atoms with E-state index in [9.17, 15) is 0 Å². The Balaban J connectivity index is 1.34. The van der Waals surface area contributed by atoms with E-state index in [0.29, 0.717) is 0 Å². The molecule has 2 aromatic heterocycles. The van der Waals surface area contributed by atoms with Crippen LogP contribution in [0.3, 0.4) is 0 Å². The van der Waals surface area contributed by atoms with Gasteiger partial charge in [-0.3, -0.25) is 4.57 Å². The van der Waals surface area contributed by atoms with Crippen molar-refractivity contribution in [3.8, 4) is 50.7 Å². The number of hydrogen-bond acceptors (Lipinski definition) is 3. The van der Waals surface area contributed by atoms with Crippen LogP contribution in [-0.4, -0.2) is 21.6 Å². The largest absolute Gasteiger partial charge is 0.343 e. The number of aromatic nitrogens is 3. The fourth-order valence-electron chi connectivity index (χ4n) is 6.85. The number of para-hydroxylation sites is 4. The van der Waals surface area contributed by atoms with Gasteiger partial charge >= 0.3 is 0 Å². The van der Waals surface area contributed by atoms with Crippen molar-refractivity contribution >= 4 is 22.4 Å². The molecule has 0 N–H and O–H groups in total. The van der Waals surface area contributed by atoms with E-state index in [0.717, 1.165) is 73.1 Å². The van der Waals surface area contributed by atoms with Crippen molar-refractivity contribution < 1.29 is 0 Å². The second-order valence-corrected chi connectivity index (χ2v) is 14.0. The van der Waals surface area contributed by atoms with Crippen LogP contribution in [0.5, 0.6) is 0 Å². The van der Waals surface area contributed by atoms with Gasteiger partial charge in [-0.2, -0.15) is 0 Å². The van der Waals surface area contributed by atoms with Gasteiger partial charge in [0, 0.05) is 29.4 Å². The molecule has 0 saturated heterocycles. The van der Waals surface area contributed by atoms with Crippen molar-refractivity contribution in [3.05, 3.63) is 175 Å². The third-order valence-corrected chi connectivity index (χ3v) is 9.58. The summed E-state index contributed by atoms with van der Waals surface area (Å²) < 4.78 is 2.27. The SMILES string of the molecule is CN(c1ccc(C(C)(C)C)cc1-c1cc(-c2ccccc2)cc(-c2ccccc2)n1)c1ccccc1-c1nc2ccccc2n1-c1ccccc1.